The maximum Gasteiger partial charge on any atom is 0.405 e. The second-order valence-corrected chi connectivity index (χ2v) is 6.87. The van der Waals surface area contributed by atoms with E-state index in [2.05, 4.69) is 4.74 Å². The molecular formula is C14H25F3O2. The molecule has 0 radical (unpaired) electrons. The topological polar surface area (TPSA) is 26.3 Å². The molecule has 1 atom stereocenters. The van der Waals surface area contributed by atoms with Gasteiger partial charge < -0.3 is 4.74 Å². The molecule has 0 aliphatic carbocycles. The highest BCUT2D eigenvalue weighted by Gasteiger charge is 2.68. The fraction of sp³-hybridized carbons (Fsp3) is 0.929. The van der Waals surface area contributed by atoms with Gasteiger partial charge in [0.1, 0.15) is 0 Å². The van der Waals surface area contributed by atoms with Crippen LogP contribution in [0.4, 0.5) is 13.2 Å². The monoisotopic (exact) mass is 282 g/mol. The summed E-state index contributed by atoms with van der Waals surface area (Å²) in [5.74, 6) is -1.19. The van der Waals surface area contributed by atoms with Gasteiger partial charge in [-0.05, 0) is 23.7 Å². The normalized spacial score (nSPS) is 16.9. The van der Waals surface area contributed by atoms with Crippen molar-refractivity contribution in [2.24, 2.45) is 16.2 Å². The summed E-state index contributed by atoms with van der Waals surface area (Å²) >= 11 is 0. The molecule has 0 N–H and O–H groups in total. The second kappa shape index (κ2) is 5.33. The van der Waals surface area contributed by atoms with E-state index in [0.29, 0.717) is 0 Å². The summed E-state index contributed by atoms with van der Waals surface area (Å²) in [6, 6.07) is 0. The highest BCUT2D eigenvalue weighted by Crippen LogP contribution is 2.58. The van der Waals surface area contributed by atoms with Crippen molar-refractivity contribution in [1.29, 1.82) is 0 Å². The Labute approximate surface area is 113 Å². The average molecular weight is 282 g/mol. The molecule has 0 saturated carbocycles. The Morgan fingerprint density at radius 3 is 1.68 bits per heavy atom. The van der Waals surface area contributed by atoms with Crippen molar-refractivity contribution >= 4 is 5.97 Å². The number of carbonyl (C=O) groups is 1. The van der Waals surface area contributed by atoms with Gasteiger partial charge in [-0.1, -0.05) is 41.5 Å². The van der Waals surface area contributed by atoms with E-state index in [0.717, 1.165) is 7.11 Å². The van der Waals surface area contributed by atoms with Gasteiger partial charge in [0, 0.05) is 0 Å². The first kappa shape index (κ1) is 18.3. The third kappa shape index (κ3) is 3.42. The van der Waals surface area contributed by atoms with Crippen LogP contribution in [0.2, 0.25) is 0 Å². The Morgan fingerprint density at radius 1 is 1.05 bits per heavy atom. The van der Waals surface area contributed by atoms with Crippen LogP contribution in [0.15, 0.2) is 0 Å². The molecule has 0 saturated heterocycles. The van der Waals surface area contributed by atoms with Crippen LogP contribution >= 0.6 is 0 Å². The molecule has 19 heavy (non-hydrogen) atoms. The Balaban J connectivity index is 6.13. The van der Waals surface area contributed by atoms with Crippen LogP contribution in [0, 0.1) is 16.2 Å². The van der Waals surface area contributed by atoms with E-state index in [1.807, 2.05) is 0 Å². The Bertz CT molecular complexity index is 327. The molecule has 0 bridgehead atoms. The molecule has 0 aliphatic rings. The van der Waals surface area contributed by atoms with Crippen molar-refractivity contribution in [3.63, 3.8) is 0 Å². The first-order valence-electron chi connectivity index (χ1n) is 6.40. The van der Waals surface area contributed by atoms with Gasteiger partial charge in [0.25, 0.3) is 0 Å². The van der Waals surface area contributed by atoms with Crippen LogP contribution < -0.4 is 0 Å². The van der Waals surface area contributed by atoms with E-state index in [1.165, 1.54) is 13.8 Å². The second-order valence-electron chi connectivity index (χ2n) is 6.87. The van der Waals surface area contributed by atoms with Gasteiger partial charge in [-0.3, -0.25) is 4.79 Å². The van der Waals surface area contributed by atoms with Gasteiger partial charge in [-0.25, -0.2) is 0 Å². The molecule has 0 aliphatic heterocycles. The van der Waals surface area contributed by atoms with Crippen molar-refractivity contribution in [3.05, 3.63) is 0 Å². The van der Waals surface area contributed by atoms with Crippen LogP contribution in [-0.2, 0) is 9.53 Å². The highest BCUT2D eigenvalue weighted by molar-refractivity contribution is 5.79. The first-order chi connectivity index (χ1) is 8.25. The van der Waals surface area contributed by atoms with Crippen LogP contribution in [0.5, 0.6) is 0 Å². The number of hydrogen-bond donors (Lipinski definition) is 0. The Hall–Kier alpha value is -0.740. The molecule has 0 amide bonds. The maximum absolute atomic E-state index is 13.7. The largest absolute Gasteiger partial charge is 0.468 e. The number of esters is 1. The summed E-state index contributed by atoms with van der Waals surface area (Å²) in [5.41, 5.74) is -4.36. The number of carbonyl (C=O) groups excluding carboxylic acids is 1. The molecule has 0 spiro atoms. The number of ether oxygens (including phenoxy) is 1. The molecule has 0 aromatic carbocycles. The van der Waals surface area contributed by atoms with Crippen molar-refractivity contribution in [1.82, 2.24) is 0 Å². The fourth-order valence-corrected chi connectivity index (χ4v) is 2.46. The number of hydrogen-bond acceptors (Lipinski definition) is 2. The van der Waals surface area contributed by atoms with Crippen molar-refractivity contribution in [3.8, 4) is 0 Å². The summed E-state index contributed by atoms with van der Waals surface area (Å²) in [4.78, 5) is 12.0. The van der Waals surface area contributed by atoms with E-state index >= 15 is 0 Å². The van der Waals surface area contributed by atoms with E-state index in [1.54, 1.807) is 27.7 Å². The fourth-order valence-electron chi connectivity index (χ4n) is 2.46. The highest BCUT2D eigenvalue weighted by atomic mass is 19.4. The van der Waals surface area contributed by atoms with Gasteiger partial charge in [-0.15, -0.1) is 0 Å². The number of alkyl halides is 3. The van der Waals surface area contributed by atoms with E-state index in [-0.39, 0.29) is 12.8 Å². The van der Waals surface area contributed by atoms with Crippen LogP contribution in [0.1, 0.15) is 54.4 Å². The lowest BCUT2D eigenvalue weighted by Crippen LogP contribution is -2.57. The third-order valence-corrected chi connectivity index (χ3v) is 3.85. The molecule has 2 nitrogen and oxygen atoms in total. The van der Waals surface area contributed by atoms with Gasteiger partial charge in [0.2, 0.25) is 0 Å². The van der Waals surface area contributed by atoms with Crippen LogP contribution in [-0.4, -0.2) is 19.3 Å². The van der Waals surface area contributed by atoms with E-state index < -0.39 is 28.4 Å². The lowest BCUT2D eigenvalue weighted by molar-refractivity contribution is -0.271. The summed E-state index contributed by atoms with van der Waals surface area (Å²) in [7, 11) is 1.01. The molecule has 0 aromatic rings. The molecule has 0 rings (SSSR count). The molecule has 0 heterocycles. The molecule has 5 heteroatoms. The summed E-state index contributed by atoms with van der Waals surface area (Å²) in [6.45, 7) is 9.70. The Morgan fingerprint density at radius 2 is 1.47 bits per heavy atom. The predicted molar refractivity (Wildman–Crippen MR) is 68.6 cm³/mol. The minimum Gasteiger partial charge on any atom is -0.468 e. The minimum atomic E-state index is -4.65. The van der Waals surface area contributed by atoms with Gasteiger partial charge in [0.15, 0.2) is 5.41 Å². The predicted octanol–water partition coefficient (Wildman–Crippen LogP) is 4.58. The van der Waals surface area contributed by atoms with Gasteiger partial charge in [0.05, 0.1) is 7.11 Å². The third-order valence-electron chi connectivity index (χ3n) is 3.85. The number of methoxy groups -OCH3 is 1. The van der Waals surface area contributed by atoms with Gasteiger partial charge in [-0.2, -0.15) is 13.2 Å². The van der Waals surface area contributed by atoms with Crippen LogP contribution in [0.25, 0.3) is 0 Å². The van der Waals surface area contributed by atoms with Crippen molar-refractivity contribution in [2.75, 3.05) is 7.11 Å². The molecule has 114 valence electrons. The number of rotatable bonds is 4. The smallest absolute Gasteiger partial charge is 0.405 e. The summed E-state index contributed by atoms with van der Waals surface area (Å²) in [5, 5.41) is 0. The zero-order valence-electron chi connectivity index (χ0n) is 12.9. The zero-order chi connectivity index (χ0) is 15.7. The number of halogens is 3. The Kier molecular flexibility index (Phi) is 5.12. The van der Waals surface area contributed by atoms with Crippen molar-refractivity contribution < 1.29 is 22.7 Å². The molecule has 1 unspecified atom stereocenters. The maximum atomic E-state index is 13.7. The molecule has 0 fully saturated rings. The van der Waals surface area contributed by atoms with Crippen molar-refractivity contribution in [2.45, 2.75) is 60.6 Å². The van der Waals surface area contributed by atoms with Crippen LogP contribution in [0.3, 0.4) is 0 Å². The lowest BCUT2D eigenvalue weighted by Gasteiger charge is -2.47. The minimum absolute atomic E-state index is 0.234. The lowest BCUT2D eigenvalue weighted by atomic mass is 9.57. The quantitative estimate of drug-likeness (QED) is 0.705. The standard InChI is InChI=1S/C14H25F3O2/c1-8-12(5,6)13(10(18)19-7,14(15,16)17)9-11(2,3)4/h8-9H2,1-7H3. The van der Waals surface area contributed by atoms with E-state index in [9.17, 15) is 18.0 Å². The first-order valence-corrected chi connectivity index (χ1v) is 6.40. The molecular weight excluding hydrogens is 257 g/mol. The average Bonchev–Trinajstić information content (AvgIpc) is 2.21. The molecule has 0 aromatic heterocycles. The summed E-state index contributed by atoms with van der Waals surface area (Å²) in [6.07, 6.45) is -4.71. The van der Waals surface area contributed by atoms with Gasteiger partial charge >= 0.3 is 12.1 Å². The SMILES string of the molecule is CCC(C)(C)C(CC(C)(C)C)(C(=O)OC)C(F)(F)F. The zero-order valence-corrected chi connectivity index (χ0v) is 12.9. The summed E-state index contributed by atoms with van der Waals surface area (Å²) < 4.78 is 45.7. The van der Waals surface area contributed by atoms with E-state index in [4.69, 9.17) is 0 Å².